The summed E-state index contributed by atoms with van der Waals surface area (Å²) in [5.74, 6) is -1.95. The van der Waals surface area contributed by atoms with Crippen LogP contribution in [0.15, 0.2) is 24.3 Å². The van der Waals surface area contributed by atoms with Crippen LogP contribution < -0.4 is 5.32 Å². The van der Waals surface area contributed by atoms with Crippen molar-refractivity contribution in [3.8, 4) is 0 Å². The van der Waals surface area contributed by atoms with Crippen LogP contribution in [0.1, 0.15) is 32.3 Å². The standard InChI is InChI=1S/C15H20ClNO3/c1-9(2)13(11-5-4-6-12(16)7-11)14(18)17-8-10(3)15(19)20/h4-7,9-10,13H,8H2,1-3H3,(H,17,18)(H,19,20). The molecule has 0 aliphatic carbocycles. The Labute approximate surface area is 124 Å². The molecule has 0 fully saturated rings. The molecule has 0 heterocycles. The van der Waals surface area contributed by atoms with Crippen molar-refractivity contribution < 1.29 is 14.7 Å². The third-order valence-corrected chi connectivity index (χ3v) is 3.40. The first-order valence-electron chi connectivity index (χ1n) is 6.59. The van der Waals surface area contributed by atoms with Gasteiger partial charge in [-0.05, 0) is 23.6 Å². The Balaban J connectivity index is 2.81. The molecule has 0 spiro atoms. The summed E-state index contributed by atoms with van der Waals surface area (Å²) in [6.45, 7) is 5.59. The molecule has 0 saturated heterocycles. The van der Waals surface area contributed by atoms with Crippen molar-refractivity contribution in [3.05, 3.63) is 34.9 Å². The predicted octanol–water partition coefficient (Wildman–Crippen LogP) is 2.92. The minimum Gasteiger partial charge on any atom is -0.481 e. The van der Waals surface area contributed by atoms with E-state index in [2.05, 4.69) is 5.32 Å². The normalized spacial score (nSPS) is 13.8. The van der Waals surface area contributed by atoms with Crippen LogP contribution in [0, 0.1) is 11.8 Å². The maximum Gasteiger partial charge on any atom is 0.308 e. The molecule has 0 bridgehead atoms. The topological polar surface area (TPSA) is 66.4 Å². The van der Waals surface area contributed by atoms with E-state index < -0.39 is 11.9 Å². The Morgan fingerprint density at radius 2 is 1.95 bits per heavy atom. The second kappa shape index (κ2) is 7.29. The Bertz CT molecular complexity index is 488. The van der Waals surface area contributed by atoms with Crippen LogP contribution in [0.3, 0.4) is 0 Å². The molecule has 5 heteroatoms. The lowest BCUT2D eigenvalue weighted by Crippen LogP contribution is -2.36. The lowest BCUT2D eigenvalue weighted by molar-refractivity contribution is -0.141. The van der Waals surface area contributed by atoms with E-state index in [1.807, 2.05) is 19.9 Å². The quantitative estimate of drug-likeness (QED) is 0.848. The Hall–Kier alpha value is -1.55. The summed E-state index contributed by atoms with van der Waals surface area (Å²) in [7, 11) is 0. The number of carbonyl (C=O) groups excluding carboxylic acids is 1. The van der Waals surface area contributed by atoms with E-state index in [-0.39, 0.29) is 24.3 Å². The highest BCUT2D eigenvalue weighted by molar-refractivity contribution is 6.30. The molecule has 1 rings (SSSR count). The number of carboxylic acid groups (broad SMARTS) is 1. The van der Waals surface area contributed by atoms with E-state index in [0.717, 1.165) is 5.56 Å². The first-order chi connectivity index (χ1) is 9.32. The maximum absolute atomic E-state index is 12.3. The zero-order valence-corrected chi connectivity index (χ0v) is 12.6. The van der Waals surface area contributed by atoms with Crippen LogP contribution >= 0.6 is 11.6 Å². The number of carbonyl (C=O) groups is 2. The molecule has 0 aliphatic heterocycles. The molecule has 0 saturated carbocycles. The Kier molecular flexibility index (Phi) is 6.02. The second-order valence-corrected chi connectivity index (χ2v) is 5.70. The number of carboxylic acids is 1. The summed E-state index contributed by atoms with van der Waals surface area (Å²) < 4.78 is 0. The molecule has 1 amide bonds. The van der Waals surface area contributed by atoms with Gasteiger partial charge < -0.3 is 10.4 Å². The molecule has 2 N–H and O–H groups in total. The van der Waals surface area contributed by atoms with E-state index in [4.69, 9.17) is 16.7 Å². The van der Waals surface area contributed by atoms with Crippen LogP contribution in [0.2, 0.25) is 5.02 Å². The lowest BCUT2D eigenvalue weighted by Gasteiger charge is -2.21. The van der Waals surface area contributed by atoms with Crippen molar-refractivity contribution in [3.63, 3.8) is 0 Å². The summed E-state index contributed by atoms with van der Waals surface area (Å²) >= 11 is 5.96. The molecule has 2 unspecified atom stereocenters. The average molecular weight is 298 g/mol. The van der Waals surface area contributed by atoms with Crippen LogP contribution in [-0.2, 0) is 9.59 Å². The predicted molar refractivity (Wildman–Crippen MR) is 78.8 cm³/mol. The van der Waals surface area contributed by atoms with Gasteiger partial charge in [0, 0.05) is 11.6 Å². The van der Waals surface area contributed by atoms with Gasteiger partial charge in [-0.2, -0.15) is 0 Å². The molecule has 0 aliphatic rings. The molecule has 1 aromatic rings. The minimum absolute atomic E-state index is 0.0913. The molecule has 0 aromatic heterocycles. The molecule has 2 atom stereocenters. The third-order valence-electron chi connectivity index (χ3n) is 3.16. The van der Waals surface area contributed by atoms with E-state index in [9.17, 15) is 9.59 Å². The van der Waals surface area contributed by atoms with Crippen molar-refractivity contribution in [1.29, 1.82) is 0 Å². The number of halogens is 1. The fourth-order valence-electron chi connectivity index (χ4n) is 1.99. The van der Waals surface area contributed by atoms with Gasteiger partial charge >= 0.3 is 5.97 Å². The van der Waals surface area contributed by atoms with Crippen LogP contribution in [-0.4, -0.2) is 23.5 Å². The van der Waals surface area contributed by atoms with E-state index in [0.29, 0.717) is 5.02 Å². The summed E-state index contributed by atoms with van der Waals surface area (Å²) in [5, 5.41) is 12.1. The second-order valence-electron chi connectivity index (χ2n) is 5.26. The van der Waals surface area contributed by atoms with Crippen molar-refractivity contribution in [1.82, 2.24) is 5.32 Å². The smallest absolute Gasteiger partial charge is 0.308 e. The maximum atomic E-state index is 12.3. The molecular formula is C15H20ClNO3. The highest BCUT2D eigenvalue weighted by Crippen LogP contribution is 2.26. The van der Waals surface area contributed by atoms with Crippen LogP contribution in [0.4, 0.5) is 0 Å². The van der Waals surface area contributed by atoms with E-state index in [1.165, 1.54) is 0 Å². The zero-order chi connectivity index (χ0) is 15.3. The summed E-state index contributed by atoms with van der Waals surface area (Å²) in [4.78, 5) is 23.0. The highest BCUT2D eigenvalue weighted by atomic mass is 35.5. The van der Waals surface area contributed by atoms with Gasteiger partial charge in [-0.1, -0.05) is 44.5 Å². The van der Waals surface area contributed by atoms with Gasteiger partial charge in [0.25, 0.3) is 0 Å². The number of nitrogens with one attached hydrogen (secondary N) is 1. The Morgan fingerprint density at radius 1 is 1.30 bits per heavy atom. The van der Waals surface area contributed by atoms with Crippen molar-refractivity contribution in [2.24, 2.45) is 11.8 Å². The van der Waals surface area contributed by atoms with Gasteiger partial charge in [0.05, 0.1) is 11.8 Å². The highest BCUT2D eigenvalue weighted by Gasteiger charge is 2.25. The van der Waals surface area contributed by atoms with E-state index >= 15 is 0 Å². The van der Waals surface area contributed by atoms with Crippen LogP contribution in [0.25, 0.3) is 0 Å². The van der Waals surface area contributed by atoms with Gasteiger partial charge in [-0.3, -0.25) is 9.59 Å². The largest absolute Gasteiger partial charge is 0.481 e. The Morgan fingerprint density at radius 3 is 2.45 bits per heavy atom. The first-order valence-corrected chi connectivity index (χ1v) is 6.96. The van der Waals surface area contributed by atoms with Crippen molar-refractivity contribution in [2.75, 3.05) is 6.54 Å². The number of aliphatic carboxylic acids is 1. The zero-order valence-electron chi connectivity index (χ0n) is 11.9. The van der Waals surface area contributed by atoms with Gasteiger partial charge in [0.15, 0.2) is 0 Å². The molecular weight excluding hydrogens is 278 g/mol. The minimum atomic E-state index is -0.922. The molecule has 4 nitrogen and oxygen atoms in total. The van der Waals surface area contributed by atoms with Crippen LogP contribution in [0.5, 0.6) is 0 Å². The van der Waals surface area contributed by atoms with Crippen molar-refractivity contribution in [2.45, 2.75) is 26.7 Å². The number of rotatable bonds is 6. The number of hydrogen-bond donors (Lipinski definition) is 2. The fourth-order valence-corrected chi connectivity index (χ4v) is 2.19. The average Bonchev–Trinajstić information content (AvgIpc) is 2.35. The number of amides is 1. The summed E-state index contributed by atoms with van der Waals surface area (Å²) in [5.41, 5.74) is 0.841. The van der Waals surface area contributed by atoms with Gasteiger partial charge in [0.2, 0.25) is 5.91 Å². The summed E-state index contributed by atoms with van der Waals surface area (Å²) in [6.07, 6.45) is 0. The van der Waals surface area contributed by atoms with E-state index in [1.54, 1.807) is 25.1 Å². The van der Waals surface area contributed by atoms with Gasteiger partial charge in [-0.25, -0.2) is 0 Å². The lowest BCUT2D eigenvalue weighted by atomic mass is 9.87. The van der Waals surface area contributed by atoms with Gasteiger partial charge in [-0.15, -0.1) is 0 Å². The van der Waals surface area contributed by atoms with Gasteiger partial charge in [0.1, 0.15) is 0 Å². The molecule has 20 heavy (non-hydrogen) atoms. The summed E-state index contributed by atoms with van der Waals surface area (Å²) in [6, 6.07) is 7.19. The monoisotopic (exact) mass is 297 g/mol. The first kappa shape index (κ1) is 16.5. The third kappa shape index (κ3) is 4.53. The van der Waals surface area contributed by atoms with Crippen molar-refractivity contribution >= 4 is 23.5 Å². The molecule has 110 valence electrons. The molecule has 0 radical (unpaired) electrons. The number of benzene rings is 1. The fraction of sp³-hybridized carbons (Fsp3) is 0.467. The molecule has 1 aromatic carbocycles. The SMILES string of the molecule is CC(CNC(=O)C(c1cccc(Cl)c1)C(C)C)C(=O)O. The number of hydrogen-bond acceptors (Lipinski definition) is 2.